The van der Waals surface area contributed by atoms with Crippen molar-refractivity contribution in [3.63, 3.8) is 0 Å². The molecule has 11 nitrogen and oxygen atoms in total. The van der Waals surface area contributed by atoms with Crippen LogP contribution in [0.15, 0.2) is 0 Å². The van der Waals surface area contributed by atoms with Gasteiger partial charge in [-0.3, -0.25) is 28.8 Å². The molecule has 35 heavy (non-hydrogen) atoms. The Kier molecular flexibility index (Phi) is 12.4. The summed E-state index contributed by atoms with van der Waals surface area (Å²) in [7, 11) is 0. The Hall–Kier alpha value is -3.19. The summed E-state index contributed by atoms with van der Waals surface area (Å²) < 4.78 is 37.9. The average molecular weight is 510 g/mol. The summed E-state index contributed by atoms with van der Waals surface area (Å²) in [6.07, 6.45) is -5.94. The summed E-state index contributed by atoms with van der Waals surface area (Å²) in [5, 5.41) is 9.14. The van der Waals surface area contributed by atoms with E-state index in [0.29, 0.717) is 0 Å². The summed E-state index contributed by atoms with van der Waals surface area (Å²) in [5.74, 6) is -6.99. The van der Waals surface area contributed by atoms with Crippen LogP contribution in [0, 0.1) is 11.8 Å². The van der Waals surface area contributed by atoms with Crippen LogP contribution in [0.2, 0.25) is 0 Å². The van der Waals surface area contributed by atoms with Gasteiger partial charge in [0.15, 0.2) is 0 Å². The number of nitrogens with one attached hydrogen (secondary N) is 4. The Bertz CT molecular complexity index is 816. The normalized spacial score (nSPS) is 14.9. The van der Waals surface area contributed by atoms with Crippen molar-refractivity contribution in [2.24, 2.45) is 17.6 Å². The van der Waals surface area contributed by atoms with E-state index in [-0.39, 0.29) is 12.3 Å². The first kappa shape index (κ1) is 31.8. The van der Waals surface area contributed by atoms with Crippen LogP contribution < -0.4 is 27.0 Å². The van der Waals surface area contributed by atoms with E-state index >= 15 is 0 Å². The molecule has 0 aliphatic rings. The molecule has 0 fully saturated rings. The summed E-state index contributed by atoms with van der Waals surface area (Å²) in [6, 6.07) is -5.62. The highest BCUT2D eigenvalue weighted by atomic mass is 19.4. The zero-order chi connectivity index (χ0) is 27.7. The van der Waals surface area contributed by atoms with Gasteiger partial charge in [0, 0.05) is 13.3 Å². The molecule has 0 heterocycles. The van der Waals surface area contributed by atoms with E-state index in [4.69, 9.17) is 5.73 Å². The first-order valence-corrected chi connectivity index (χ1v) is 11.0. The molecule has 0 aliphatic heterocycles. The predicted octanol–water partition coefficient (Wildman–Crippen LogP) is -0.326. The van der Waals surface area contributed by atoms with Gasteiger partial charge in [-0.05, 0) is 25.2 Å². The van der Waals surface area contributed by atoms with Crippen molar-refractivity contribution in [2.75, 3.05) is 0 Å². The fourth-order valence-corrected chi connectivity index (χ4v) is 2.97. The van der Waals surface area contributed by atoms with Gasteiger partial charge in [-0.2, -0.15) is 13.2 Å². The van der Waals surface area contributed by atoms with Gasteiger partial charge in [-0.25, -0.2) is 0 Å². The predicted molar refractivity (Wildman–Crippen MR) is 118 cm³/mol. The molecule has 1 unspecified atom stereocenters. The van der Waals surface area contributed by atoms with Gasteiger partial charge in [0.05, 0.1) is 6.04 Å². The number of alkyl halides is 3. The van der Waals surface area contributed by atoms with Crippen LogP contribution in [0.4, 0.5) is 13.2 Å². The topological polar surface area (TPSA) is 177 Å². The van der Waals surface area contributed by atoms with Crippen molar-refractivity contribution in [1.82, 2.24) is 21.3 Å². The monoisotopic (exact) mass is 509 g/mol. The van der Waals surface area contributed by atoms with Crippen molar-refractivity contribution in [2.45, 2.75) is 84.7 Å². The highest BCUT2D eigenvalue weighted by Crippen LogP contribution is 2.18. The molecule has 6 N–H and O–H groups in total. The van der Waals surface area contributed by atoms with Gasteiger partial charge in [-0.15, -0.1) is 0 Å². The standard InChI is InChI=1S/C21H34F3N5O6/c1-9(2)15(27-12(6)30)20(35)29-16(10(3)4)19(34)28-13(7-8-14(25)31)18(33)26-11(5)17(32)21(22,23)24/h9-11,13,15-16H,7-8H2,1-6H3,(H2,25,31)(H,26,33)(H,27,30)(H,28,34)(H,29,35)/t11?,13-,15-,16-/m0/s1. The second-order valence-corrected chi connectivity index (χ2v) is 8.81. The van der Waals surface area contributed by atoms with E-state index in [0.717, 1.165) is 6.92 Å². The largest absolute Gasteiger partial charge is 0.452 e. The Labute approximate surface area is 201 Å². The molecule has 200 valence electrons. The van der Waals surface area contributed by atoms with E-state index in [1.165, 1.54) is 6.92 Å². The van der Waals surface area contributed by atoms with E-state index in [2.05, 4.69) is 16.0 Å². The van der Waals surface area contributed by atoms with E-state index < -0.39 is 78.0 Å². The Morgan fingerprint density at radius 2 is 1.20 bits per heavy atom. The second-order valence-electron chi connectivity index (χ2n) is 8.81. The van der Waals surface area contributed by atoms with Crippen molar-refractivity contribution in [3.8, 4) is 0 Å². The maximum Gasteiger partial charge on any atom is 0.452 e. The van der Waals surface area contributed by atoms with Crippen LogP contribution in [0.5, 0.6) is 0 Å². The maximum absolute atomic E-state index is 12.9. The van der Waals surface area contributed by atoms with Crippen LogP contribution in [0.1, 0.15) is 54.4 Å². The number of hydrogen-bond donors (Lipinski definition) is 5. The molecule has 0 aromatic rings. The maximum atomic E-state index is 12.9. The van der Waals surface area contributed by atoms with Gasteiger partial charge >= 0.3 is 6.18 Å². The molecule has 0 spiro atoms. The zero-order valence-electron chi connectivity index (χ0n) is 20.5. The number of halogens is 3. The zero-order valence-corrected chi connectivity index (χ0v) is 20.5. The highest BCUT2D eigenvalue weighted by Gasteiger charge is 2.42. The van der Waals surface area contributed by atoms with Crippen LogP contribution in [0.3, 0.4) is 0 Å². The molecular weight excluding hydrogens is 475 g/mol. The number of primary amides is 1. The van der Waals surface area contributed by atoms with Gasteiger partial charge in [0.25, 0.3) is 5.78 Å². The first-order valence-electron chi connectivity index (χ1n) is 11.0. The van der Waals surface area contributed by atoms with Crippen LogP contribution in [-0.2, 0) is 28.8 Å². The molecule has 4 atom stereocenters. The summed E-state index contributed by atoms with van der Waals surface area (Å²) in [5.41, 5.74) is 5.08. The fourth-order valence-electron chi connectivity index (χ4n) is 2.97. The first-order chi connectivity index (χ1) is 15.9. The Balaban J connectivity index is 5.65. The minimum atomic E-state index is -5.19. The lowest BCUT2D eigenvalue weighted by atomic mass is 9.99. The van der Waals surface area contributed by atoms with Gasteiger partial charge in [0.1, 0.15) is 18.1 Å². The number of amides is 5. The lowest BCUT2D eigenvalue weighted by Gasteiger charge is -2.28. The summed E-state index contributed by atoms with van der Waals surface area (Å²) >= 11 is 0. The molecule has 0 aromatic heterocycles. The average Bonchev–Trinajstić information content (AvgIpc) is 2.70. The summed E-state index contributed by atoms with van der Waals surface area (Å²) in [4.78, 5) is 72.1. The van der Waals surface area contributed by atoms with Crippen molar-refractivity contribution in [3.05, 3.63) is 0 Å². The molecule has 0 rings (SSSR count). The molecule has 0 saturated carbocycles. The molecular formula is C21H34F3N5O6. The highest BCUT2D eigenvalue weighted by molar-refractivity contribution is 5.96. The third-order valence-electron chi connectivity index (χ3n) is 4.90. The number of nitrogens with two attached hydrogens (primary N) is 1. The number of ketones is 1. The molecule has 0 bridgehead atoms. The molecule has 14 heteroatoms. The lowest BCUT2D eigenvalue weighted by Crippen LogP contribution is -2.59. The fraction of sp³-hybridized carbons (Fsp3) is 0.714. The van der Waals surface area contributed by atoms with E-state index in [1.54, 1.807) is 27.7 Å². The SMILES string of the molecule is CC(=O)N[C@H](C(=O)N[C@H](C(=O)N[C@@H](CCC(N)=O)C(=O)NC(C)C(=O)C(F)(F)F)C(C)C)C(C)C. The quantitative estimate of drug-likeness (QED) is 0.227. The number of carbonyl (C=O) groups is 6. The molecule has 0 aromatic carbocycles. The van der Waals surface area contributed by atoms with E-state index in [9.17, 15) is 41.9 Å². The smallest absolute Gasteiger partial charge is 0.370 e. The summed E-state index contributed by atoms with van der Waals surface area (Å²) in [6.45, 7) is 8.59. The van der Waals surface area contributed by atoms with Gasteiger partial charge < -0.3 is 27.0 Å². The van der Waals surface area contributed by atoms with Crippen molar-refractivity contribution >= 4 is 35.3 Å². The second kappa shape index (κ2) is 13.6. The number of hydrogen-bond acceptors (Lipinski definition) is 6. The van der Waals surface area contributed by atoms with Gasteiger partial charge in [0.2, 0.25) is 29.5 Å². The number of carbonyl (C=O) groups excluding carboxylic acids is 6. The molecule has 5 amide bonds. The Morgan fingerprint density at radius 3 is 1.60 bits per heavy atom. The van der Waals surface area contributed by atoms with Crippen LogP contribution >= 0.6 is 0 Å². The molecule has 0 aliphatic carbocycles. The number of rotatable bonds is 13. The van der Waals surface area contributed by atoms with Crippen molar-refractivity contribution in [1.29, 1.82) is 0 Å². The van der Waals surface area contributed by atoms with Crippen molar-refractivity contribution < 1.29 is 41.9 Å². The third kappa shape index (κ3) is 11.2. The number of Topliss-reactive ketones (excluding diaryl/α,β-unsaturated/α-hetero) is 1. The minimum Gasteiger partial charge on any atom is -0.370 e. The molecule has 0 saturated heterocycles. The lowest BCUT2D eigenvalue weighted by molar-refractivity contribution is -0.173. The van der Waals surface area contributed by atoms with E-state index in [1.807, 2.05) is 5.32 Å². The minimum absolute atomic E-state index is 0.323. The van der Waals surface area contributed by atoms with Gasteiger partial charge in [-0.1, -0.05) is 27.7 Å². The third-order valence-corrected chi connectivity index (χ3v) is 4.90. The van der Waals surface area contributed by atoms with Crippen LogP contribution in [-0.4, -0.2) is 65.7 Å². The molecule has 0 radical (unpaired) electrons. The van der Waals surface area contributed by atoms with Crippen LogP contribution in [0.25, 0.3) is 0 Å². The Morgan fingerprint density at radius 1 is 0.743 bits per heavy atom.